The first-order valence-electron chi connectivity index (χ1n) is 9.68. The van der Waals surface area contributed by atoms with Crippen LogP contribution in [0.1, 0.15) is 0 Å². The summed E-state index contributed by atoms with van der Waals surface area (Å²) in [6, 6.07) is 24.3. The first-order chi connectivity index (χ1) is 15.6. The molecule has 6 rings (SSSR count). The number of benzene rings is 2. The molecular formula is C25H30N4O10Zn. The number of nitrogens with zero attached hydrogens (tertiary/aromatic N) is 4. The van der Waals surface area contributed by atoms with E-state index in [0.29, 0.717) is 0 Å². The number of rotatable bonds is 0. The third-order valence-electron chi connectivity index (χ3n) is 4.69. The van der Waals surface area contributed by atoms with Crippen LogP contribution in [0.15, 0.2) is 97.6 Å². The van der Waals surface area contributed by atoms with Crippen molar-refractivity contribution >= 4 is 49.8 Å². The summed E-state index contributed by atoms with van der Waals surface area (Å²) in [4.78, 5) is 25.7. The molecule has 0 aliphatic heterocycles. The number of aromatic nitrogens is 4. The van der Waals surface area contributed by atoms with Crippen LogP contribution in [0.5, 0.6) is 0 Å². The van der Waals surface area contributed by atoms with Gasteiger partial charge in [0.05, 0.1) is 22.1 Å². The van der Waals surface area contributed by atoms with Crippen LogP contribution in [-0.2, 0) is 19.5 Å². The Bertz CT molecular complexity index is 1340. The van der Waals surface area contributed by atoms with Crippen molar-refractivity contribution in [2.45, 2.75) is 0 Å². The SMILES string of the molecule is O.O.O.O.O.O.O.O=C([O-])[O-].[Zn+2].c1cnc2c(c1)ccc1cccnc12.c1cnc2c(c1)ccc1cccnc12. The van der Waals surface area contributed by atoms with E-state index in [2.05, 4.69) is 68.5 Å². The van der Waals surface area contributed by atoms with Gasteiger partial charge in [0.2, 0.25) is 0 Å². The molecule has 0 amide bonds. The van der Waals surface area contributed by atoms with Crippen LogP contribution in [0.3, 0.4) is 0 Å². The van der Waals surface area contributed by atoms with Gasteiger partial charge in [-0.2, -0.15) is 0 Å². The van der Waals surface area contributed by atoms with Gasteiger partial charge in [-0.25, -0.2) is 0 Å². The van der Waals surface area contributed by atoms with Gasteiger partial charge in [0.15, 0.2) is 0 Å². The smallest absolute Gasteiger partial charge is 0.652 e. The summed E-state index contributed by atoms with van der Waals surface area (Å²) in [6.45, 7) is 0. The molecule has 0 saturated carbocycles. The van der Waals surface area contributed by atoms with Crippen LogP contribution in [0.4, 0.5) is 4.79 Å². The van der Waals surface area contributed by atoms with Crippen LogP contribution < -0.4 is 10.2 Å². The molecule has 212 valence electrons. The molecule has 6 aromatic rings. The second-order valence-corrected chi connectivity index (χ2v) is 6.68. The second-order valence-electron chi connectivity index (χ2n) is 6.68. The molecule has 0 aliphatic rings. The van der Waals surface area contributed by atoms with E-state index >= 15 is 0 Å². The van der Waals surface area contributed by atoms with E-state index in [4.69, 9.17) is 15.0 Å². The Labute approximate surface area is 239 Å². The topological polar surface area (TPSA) is 335 Å². The van der Waals surface area contributed by atoms with Crippen molar-refractivity contribution in [3.63, 3.8) is 0 Å². The van der Waals surface area contributed by atoms with E-state index in [9.17, 15) is 0 Å². The van der Waals surface area contributed by atoms with Gasteiger partial charge in [0.1, 0.15) is 0 Å². The minimum absolute atomic E-state index is 0. The van der Waals surface area contributed by atoms with E-state index in [1.807, 2.05) is 24.3 Å². The summed E-state index contributed by atoms with van der Waals surface area (Å²) in [5, 5.41) is 21.2. The van der Waals surface area contributed by atoms with Crippen LogP contribution in [0.25, 0.3) is 43.6 Å². The fourth-order valence-corrected chi connectivity index (χ4v) is 3.36. The van der Waals surface area contributed by atoms with Crippen molar-refractivity contribution in [3.05, 3.63) is 97.6 Å². The molecule has 4 aromatic heterocycles. The molecule has 14 nitrogen and oxygen atoms in total. The molecule has 0 bridgehead atoms. The number of pyridine rings is 4. The van der Waals surface area contributed by atoms with Gasteiger partial charge in [0, 0.05) is 46.3 Å². The fraction of sp³-hybridized carbons (Fsp3) is 0. The van der Waals surface area contributed by atoms with Gasteiger partial charge in [0.25, 0.3) is 0 Å². The zero-order valence-electron chi connectivity index (χ0n) is 21.0. The number of carbonyl (C=O) groups is 1. The van der Waals surface area contributed by atoms with Gasteiger partial charge >= 0.3 is 19.5 Å². The Balaban J connectivity index is -0.000000153. The Morgan fingerprint density at radius 1 is 0.425 bits per heavy atom. The van der Waals surface area contributed by atoms with Crippen molar-refractivity contribution < 1.29 is 72.8 Å². The molecule has 40 heavy (non-hydrogen) atoms. The largest absolute Gasteiger partial charge is 2.00 e. The van der Waals surface area contributed by atoms with Crippen molar-refractivity contribution in [1.29, 1.82) is 0 Å². The quantitative estimate of drug-likeness (QED) is 0.129. The number of hydrogen-bond acceptors (Lipinski definition) is 7. The number of fused-ring (bicyclic) bond motifs is 6. The van der Waals surface area contributed by atoms with E-state index < -0.39 is 6.16 Å². The van der Waals surface area contributed by atoms with Gasteiger partial charge < -0.3 is 53.3 Å². The standard InChI is InChI=1S/2C12H8N2.CH2O3.7H2O.Zn/c2*1-3-9-5-6-10-4-2-8-14-12(10)11(9)13-7-1;2-1(3)4;;;;;;;;/h2*1-8H;(H2,2,3,4);7*1H2;/q;;;;;;;;;;+2/p-2. The van der Waals surface area contributed by atoms with Crippen LogP contribution in [0, 0.1) is 0 Å². The van der Waals surface area contributed by atoms with Gasteiger partial charge in [-0.05, 0) is 30.4 Å². The summed E-state index contributed by atoms with van der Waals surface area (Å²) in [5.74, 6) is 0. The first-order valence-corrected chi connectivity index (χ1v) is 9.68. The molecule has 15 heteroatoms. The van der Waals surface area contributed by atoms with E-state index in [0.717, 1.165) is 43.6 Å². The summed E-state index contributed by atoms with van der Waals surface area (Å²) >= 11 is 0. The number of carbonyl (C=O) groups excluding carboxylic acids is 1. The predicted molar refractivity (Wildman–Crippen MR) is 145 cm³/mol. The zero-order chi connectivity index (χ0) is 22.3. The van der Waals surface area contributed by atoms with E-state index in [1.54, 1.807) is 24.8 Å². The Kier molecular flexibility index (Phi) is 24.6. The number of hydrogen-bond donors (Lipinski definition) is 0. The monoisotopic (exact) mass is 610 g/mol. The summed E-state index contributed by atoms with van der Waals surface area (Å²) in [7, 11) is 0. The van der Waals surface area contributed by atoms with Gasteiger partial charge in [-0.1, -0.05) is 48.5 Å². The third kappa shape index (κ3) is 10.8. The third-order valence-corrected chi connectivity index (χ3v) is 4.69. The minimum Gasteiger partial charge on any atom is -0.652 e. The molecule has 14 N–H and O–H groups in total. The van der Waals surface area contributed by atoms with E-state index in [-0.39, 0.29) is 57.8 Å². The Hall–Kier alpha value is -4.31. The molecule has 0 fully saturated rings. The normalized spacial score (nSPS) is 8.20. The maximum atomic E-state index is 8.33. The zero-order valence-corrected chi connectivity index (χ0v) is 23.9. The molecule has 0 saturated heterocycles. The average Bonchev–Trinajstić information content (AvgIpc) is 2.84. The van der Waals surface area contributed by atoms with Gasteiger partial charge in [-0.3, -0.25) is 19.9 Å². The number of carboxylic acid groups (broad SMARTS) is 2. The molecule has 0 atom stereocenters. The van der Waals surface area contributed by atoms with Crippen molar-refractivity contribution in [1.82, 2.24) is 19.9 Å². The predicted octanol–water partition coefficient (Wildman–Crippen LogP) is -2.66. The average molecular weight is 612 g/mol. The van der Waals surface area contributed by atoms with Crippen LogP contribution >= 0.6 is 0 Å². The van der Waals surface area contributed by atoms with E-state index in [1.165, 1.54) is 0 Å². The molecular weight excluding hydrogens is 582 g/mol. The Morgan fingerprint density at radius 3 is 0.775 bits per heavy atom. The maximum Gasteiger partial charge on any atom is 2.00 e. The summed E-state index contributed by atoms with van der Waals surface area (Å²) in [5.41, 5.74) is 3.91. The first kappa shape index (κ1) is 45.6. The van der Waals surface area contributed by atoms with Crippen LogP contribution in [-0.4, -0.2) is 64.4 Å². The summed E-state index contributed by atoms with van der Waals surface area (Å²) < 4.78 is 0. The molecule has 0 spiro atoms. The molecule has 2 aromatic carbocycles. The van der Waals surface area contributed by atoms with Crippen molar-refractivity contribution in [2.24, 2.45) is 0 Å². The molecule has 4 heterocycles. The fourth-order valence-electron chi connectivity index (χ4n) is 3.36. The van der Waals surface area contributed by atoms with Crippen molar-refractivity contribution in [3.8, 4) is 0 Å². The summed E-state index contributed by atoms with van der Waals surface area (Å²) in [6.07, 6.45) is 4.87. The van der Waals surface area contributed by atoms with Gasteiger partial charge in [-0.15, -0.1) is 0 Å². The molecule has 0 unspecified atom stereocenters. The van der Waals surface area contributed by atoms with Crippen LogP contribution in [0.2, 0.25) is 0 Å². The van der Waals surface area contributed by atoms with Crippen molar-refractivity contribution in [2.75, 3.05) is 0 Å². The molecule has 0 aliphatic carbocycles. The maximum absolute atomic E-state index is 8.33. The minimum atomic E-state index is -2.33. The second kappa shape index (κ2) is 21.6. The Morgan fingerprint density at radius 2 is 0.600 bits per heavy atom. The molecule has 0 radical (unpaired) electrons.